The van der Waals surface area contributed by atoms with Crippen LogP contribution in [0.25, 0.3) is 0 Å². The third kappa shape index (κ3) is 6.32. The molecule has 132 valence electrons. The number of hydrogen-bond acceptors (Lipinski definition) is 4. The van der Waals surface area contributed by atoms with E-state index in [1.54, 1.807) is 18.2 Å². The van der Waals surface area contributed by atoms with Gasteiger partial charge in [-0.1, -0.05) is 17.7 Å². The molecular weight excluding hydrogens is 360 g/mol. The fourth-order valence-corrected chi connectivity index (χ4v) is 2.88. The van der Waals surface area contributed by atoms with Gasteiger partial charge in [-0.2, -0.15) is 0 Å². The zero-order valence-corrected chi connectivity index (χ0v) is 15.5. The minimum absolute atomic E-state index is 0.100. The lowest BCUT2D eigenvalue weighted by Gasteiger charge is -2.11. The molecule has 2 aromatic carbocycles. The molecule has 0 spiro atoms. The highest BCUT2D eigenvalue weighted by Crippen LogP contribution is 2.25. The Kier molecular flexibility index (Phi) is 7.16. The second-order valence-electron chi connectivity index (χ2n) is 5.27. The lowest BCUT2D eigenvalue weighted by Crippen LogP contribution is -2.33. The van der Waals surface area contributed by atoms with Gasteiger partial charge in [-0.25, -0.2) is 0 Å². The van der Waals surface area contributed by atoms with Crippen molar-refractivity contribution >= 4 is 40.9 Å². The van der Waals surface area contributed by atoms with Gasteiger partial charge in [0.05, 0.1) is 25.1 Å². The molecule has 0 saturated carbocycles. The van der Waals surface area contributed by atoms with Gasteiger partial charge in [0.1, 0.15) is 5.75 Å². The van der Waals surface area contributed by atoms with Crippen molar-refractivity contribution < 1.29 is 14.3 Å². The predicted octanol–water partition coefficient (Wildman–Crippen LogP) is 3.50. The van der Waals surface area contributed by atoms with Gasteiger partial charge in [-0.05, 0) is 48.9 Å². The van der Waals surface area contributed by atoms with Crippen LogP contribution in [0.2, 0.25) is 5.02 Å². The van der Waals surface area contributed by atoms with Gasteiger partial charge in [-0.3, -0.25) is 9.59 Å². The van der Waals surface area contributed by atoms with Gasteiger partial charge in [0.2, 0.25) is 11.8 Å². The first kappa shape index (κ1) is 19.1. The molecule has 2 N–H and O–H groups in total. The number of methoxy groups -OCH3 is 1. The normalized spacial score (nSPS) is 10.2. The molecule has 0 aliphatic rings. The maximum atomic E-state index is 12.0. The maximum Gasteiger partial charge on any atom is 0.243 e. The Morgan fingerprint density at radius 2 is 1.84 bits per heavy atom. The number of halogens is 1. The molecule has 2 aromatic rings. The van der Waals surface area contributed by atoms with E-state index in [9.17, 15) is 9.59 Å². The van der Waals surface area contributed by atoms with E-state index < -0.39 is 0 Å². The largest absolute Gasteiger partial charge is 0.495 e. The number of ether oxygens (including phenoxy) is 1. The Balaban J connectivity index is 1.78. The minimum atomic E-state index is -0.311. The van der Waals surface area contributed by atoms with Gasteiger partial charge in [0, 0.05) is 9.92 Å². The molecule has 0 radical (unpaired) electrons. The third-order valence-corrected chi connectivity index (χ3v) is 4.52. The molecule has 7 heteroatoms. The van der Waals surface area contributed by atoms with Crippen LogP contribution in [0.5, 0.6) is 5.75 Å². The SMILES string of the molecule is COc1ccc(C)cc1NC(=O)CNC(=O)CSc1ccc(Cl)cc1. The van der Waals surface area contributed by atoms with E-state index in [2.05, 4.69) is 10.6 Å². The Bertz CT molecular complexity index is 750. The van der Waals surface area contributed by atoms with Gasteiger partial charge < -0.3 is 15.4 Å². The molecule has 5 nitrogen and oxygen atoms in total. The summed E-state index contributed by atoms with van der Waals surface area (Å²) >= 11 is 7.19. The Morgan fingerprint density at radius 3 is 2.52 bits per heavy atom. The van der Waals surface area contributed by atoms with E-state index in [0.29, 0.717) is 16.5 Å². The van der Waals surface area contributed by atoms with E-state index in [-0.39, 0.29) is 24.1 Å². The van der Waals surface area contributed by atoms with Crippen LogP contribution in [-0.2, 0) is 9.59 Å². The molecule has 0 aromatic heterocycles. The average Bonchev–Trinajstić information content (AvgIpc) is 2.59. The highest BCUT2D eigenvalue weighted by Gasteiger charge is 2.10. The number of amides is 2. The van der Waals surface area contributed by atoms with Crippen LogP contribution in [0.1, 0.15) is 5.56 Å². The van der Waals surface area contributed by atoms with Gasteiger partial charge in [0.15, 0.2) is 0 Å². The number of anilines is 1. The molecule has 0 aliphatic heterocycles. The van der Waals surface area contributed by atoms with E-state index >= 15 is 0 Å². The molecule has 0 unspecified atom stereocenters. The average molecular weight is 379 g/mol. The summed E-state index contributed by atoms with van der Waals surface area (Å²) in [5.41, 5.74) is 1.58. The van der Waals surface area contributed by atoms with Crippen molar-refractivity contribution in [2.45, 2.75) is 11.8 Å². The quantitative estimate of drug-likeness (QED) is 0.723. The first-order valence-electron chi connectivity index (χ1n) is 7.57. The molecule has 2 rings (SSSR count). The zero-order chi connectivity index (χ0) is 18.2. The molecule has 0 aliphatic carbocycles. The van der Waals surface area contributed by atoms with Crippen molar-refractivity contribution in [2.75, 3.05) is 24.7 Å². The smallest absolute Gasteiger partial charge is 0.243 e. The number of carbonyl (C=O) groups excluding carboxylic acids is 2. The Labute approximate surface area is 156 Å². The van der Waals surface area contributed by atoms with Crippen LogP contribution < -0.4 is 15.4 Å². The Hall–Kier alpha value is -2.18. The molecule has 0 fully saturated rings. The van der Waals surface area contributed by atoms with Crippen LogP contribution in [0.4, 0.5) is 5.69 Å². The molecule has 2 amide bonds. The predicted molar refractivity (Wildman–Crippen MR) is 102 cm³/mol. The molecular formula is C18H19ClN2O3S. The molecule has 25 heavy (non-hydrogen) atoms. The Morgan fingerprint density at radius 1 is 1.12 bits per heavy atom. The number of hydrogen-bond donors (Lipinski definition) is 2. The third-order valence-electron chi connectivity index (χ3n) is 3.26. The number of thioether (sulfide) groups is 1. The highest BCUT2D eigenvalue weighted by atomic mass is 35.5. The first-order chi connectivity index (χ1) is 12.0. The van der Waals surface area contributed by atoms with Crippen molar-refractivity contribution in [3.8, 4) is 5.75 Å². The summed E-state index contributed by atoms with van der Waals surface area (Å²) in [7, 11) is 1.54. The van der Waals surface area contributed by atoms with E-state index in [1.165, 1.54) is 18.9 Å². The summed E-state index contributed by atoms with van der Waals surface area (Å²) in [5, 5.41) is 5.99. The fourth-order valence-electron chi connectivity index (χ4n) is 2.02. The topological polar surface area (TPSA) is 67.4 Å². The summed E-state index contributed by atoms with van der Waals surface area (Å²) in [6.45, 7) is 1.82. The van der Waals surface area contributed by atoms with Crippen LogP contribution in [-0.4, -0.2) is 31.2 Å². The van der Waals surface area contributed by atoms with Crippen LogP contribution in [0.3, 0.4) is 0 Å². The van der Waals surface area contributed by atoms with Crippen molar-refractivity contribution in [3.05, 3.63) is 53.1 Å². The molecule has 0 atom stereocenters. The number of rotatable bonds is 7. The van der Waals surface area contributed by atoms with Gasteiger partial charge >= 0.3 is 0 Å². The lowest BCUT2D eigenvalue weighted by atomic mass is 10.2. The second-order valence-corrected chi connectivity index (χ2v) is 6.76. The number of nitrogens with one attached hydrogen (secondary N) is 2. The molecule has 0 saturated heterocycles. The minimum Gasteiger partial charge on any atom is -0.495 e. The van der Waals surface area contributed by atoms with E-state index in [0.717, 1.165) is 10.5 Å². The summed E-state index contributed by atoms with van der Waals surface area (Å²) < 4.78 is 5.21. The monoisotopic (exact) mass is 378 g/mol. The second kappa shape index (κ2) is 9.34. The van der Waals surface area contributed by atoms with Gasteiger partial charge in [-0.15, -0.1) is 11.8 Å². The van der Waals surface area contributed by atoms with E-state index in [1.807, 2.05) is 31.2 Å². The van der Waals surface area contributed by atoms with Crippen molar-refractivity contribution in [1.82, 2.24) is 5.32 Å². The zero-order valence-electron chi connectivity index (χ0n) is 14.0. The van der Waals surface area contributed by atoms with E-state index in [4.69, 9.17) is 16.3 Å². The fraction of sp³-hybridized carbons (Fsp3) is 0.222. The highest BCUT2D eigenvalue weighted by molar-refractivity contribution is 8.00. The van der Waals surface area contributed by atoms with Crippen molar-refractivity contribution in [3.63, 3.8) is 0 Å². The lowest BCUT2D eigenvalue weighted by molar-refractivity contribution is -0.122. The van der Waals surface area contributed by atoms with Crippen LogP contribution in [0, 0.1) is 6.92 Å². The molecule has 0 heterocycles. The summed E-state index contributed by atoms with van der Waals surface area (Å²) in [6.07, 6.45) is 0. The molecule has 0 bridgehead atoms. The summed E-state index contributed by atoms with van der Waals surface area (Å²) in [6, 6.07) is 12.7. The first-order valence-corrected chi connectivity index (χ1v) is 8.94. The maximum absolute atomic E-state index is 12.0. The van der Waals surface area contributed by atoms with Crippen LogP contribution in [0.15, 0.2) is 47.4 Å². The number of aryl methyl sites for hydroxylation is 1. The summed E-state index contributed by atoms with van der Waals surface area (Å²) in [5.74, 6) is 0.270. The number of carbonyl (C=O) groups is 2. The van der Waals surface area contributed by atoms with Crippen LogP contribution >= 0.6 is 23.4 Å². The number of benzene rings is 2. The standard InChI is InChI=1S/C18H19ClN2O3S/c1-12-3-8-16(24-2)15(9-12)21-17(22)10-20-18(23)11-25-14-6-4-13(19)5-7-14/h3-9H,10-11H2,1-2H3,(H,20,23)(H,21,22). The van der Waals surface area contributed by atoms with Crippen molar-refractivity contribution in [1.29, 1.82) is 0 Å². The van der Waals surface area contributed by atoms with Gasteiger partial charge in [0.25, 0.3) is 0 Å². The van der Waals surface area contributed by atoms with Crippen molar-refractivity contribution in [2.24, 2.45) is 0 Å². The summed E-state index contributed by atoms with van der Waals surface area (Å²) in [4.78, 5) is 24.8.